The van der Waals surface area contributed by atoms with Crippen LogP contribution in [0.25, 0.3) is 0 Å². The third-order valence-electron chi connectivity index (χ3n) is 3.14. The second kappa shape index (κ2) is 6.48. The fraction of sp³-hybridized carbons (Fsp3) is 0.467. The smallest absolute Gasteiger partial charge is 0.230 e. The van der Waals surface area contributed by atoms with E-state index in [1.807, 2.05) is 0 Å². The molecule has 2 aromatic rings. The minimum atomic E-state index is 0.647. The van der Waals surface area contributed by atoms with Gasteiger partial charge in [-0.25, -0.2) is 0 Å². The van der Waals surface area contributed by atoms with Gasteiger partial charge >= 0.3 is 0 Å². The minimum Gasteiger partial charge on any atom is -0.424 e. The third kappa shape index (κ3) is 3.89. The maximum atomic E-state index is 5.62. The summed E-state index contributed by atoms with van der Waals surface area (Å²) < 4.78 is 5.62. The largest absolute Gasteiger partial charge is 0.424 e. The van der Waals surface area contributed by atoms with E-state index in [-0.39, 0.29) is 0 Å². The summed E-state index contributed by atoms with van der Waals surface area (Å²) in [6.07, 6.45) is 1.80. The number of aromatic nitrogens is 2. The summed E-state index contributed by atoms with van der Waals surface area (Å²) in [5.41, 5.74) is 3.81. The van der Waals surface area contributed by atoms with E-state index >= 15 is 0 Å². The zero-order chi connectivity index (χ0) is 13.7. The molecule has 102 valence electrons. The maximum absolute atomic E-state index is 5.62. The van der Waals surface area contributed by atoms with Gasteiger partial charge in [0.2, 0.25) is 11.8 Å². The fourth-order valence-corrected chi connectivity index (χ4v) is 1.89. The van der Waals surface area contributed by atoms with Crippen LogP contribution in [0.15, 0.2) is 22.6 Å². The molecule has 0 amide bonds. The molecule has 0 saturated heterocycles. The van der Waals surface area contributed by atoms with Crippen LogP contribution in [-0.4, -0.2) is 16.7 Å². The molecule has 0 spiro atoms. The van der Waals surface area contributed by atoms with Crippen LogP contribution in [0.1, 0.15) is 41.8 Å². The van der Waals surface area contributed by atoms with Gasteiger partial charge < -0.3 is 9.73 Å². The number of benzene rings is 1. The molecule has 19 heavy (non-hydrogen) atoms. The van der Waals surface area contributed by atoms with Crippen molar-refractivity contribution in [3.05, 3.63) is 46.7 Å². The Bertz CT molecular complexity index is 534. The molecule has 0 fully saturated rings. The lowest BCUT2D eigenvalue weighted by Crippen LogP contribution is -2.13. The second-order valence-electron chi connectivity index (χ2n) is 4.86. The molecule has 1 heterocycles. The molecular weight excluding hydrogens is 238 g/mol. The summed E-state index contributed by atoms with van der Waals surface area (Å²) in [6.45, 7) is 7.98. The van der Waals surface area contributed by atoms with E-state index in [0.29, 0.717) is 24.7 Å². The Morgan fingerprint density at radius 3 is 2.63 bits per heavy atom. The Morgan fingerprint density at radius 1 is 1.11 bits per heavy atom. The van der Waals surface area contributed by atoms with Crippen LogP contribution >= 0.6 is 0 Å². The molecule has 1 aromatic heterocycles. The van der Waals surface area contributed by atoms with Gasteiger partial charge in [-0.05, 0) is 43.5 Å². The average molecular weight is 259 g/mol. The van der Waals surface area contributed by atoms with Gasteiger partial charge in [-0.3, -0.25) is 0 Å². The second-order valence-corrected chi connectivity index (χ2v) is 4.86. The van der Waals surface area contributed by atoms with Crippen LogP contribution in [0.5, 0.6) is 0 Å². The van der Waals surface area contributed by atoms with E-state index in [4.69, 9.17) is 4.42 Å². The van der Waals surface area contributed by atoms with Gasteiger partial charge in [-0.15, -0.1) is 10.2 Å². The highest BCUT2D eigenvalue weighted by molar-refractivity contribution is 5.31. The molecule has 1 N–H and O–H groups in total. The molecule has 0 atom stereocenters. The predicted octanol–water partition coefficient (Wildman–Crippen LogP) is 2.78. The predicted molar refractivity (Wildman–Crippen MR) is 75.0 cm³/mol. The first kappa shape index (κ1) is 13.7. The number of rotatable bonds is 6. The van der Waals surface area contributed by atoms with E-state index in [9.17, 15) is 0 Å². The van der Waals surface area contributed by atoms with Crippen LogP contribution in [0, 0.1) is 13.8 Å². The first-order valence-electron chi connectivity index (χ1n) is 6.77. The number of hydrogen-bond donors (Lipinski definition) is 1. The monoisotopic (exact) mass is 259 g/mol. The van der Waals surface area contributed by atoms with Gasteiger partial charge in [-0.2, -0.15) is 0 Å². The lowest BCUT2D eigenvalue weighted by Gasteiger charge is -2.02. The van der Waals surface area contributed by atoms with E-state index in [2.05, 4.69) is 54.5 Å². The lowest BCUT2D eigenvalue weighted by molar-refractivity contribution is 0.439. The van der Waals surface area contributed by atoms with Gasteiger partial charge in [-0.1, -0.05) is 25.1 Å². The van der Waals surface area contributed by atoms with Crippen LogP contribution in [-0.2, 0) is 13.0 Å². The van der Waals surface area contributed by atoms with Crippen molar-refractivity contribution in [2.45, 2.75) is 40.2 Å². The SMILES string of the molecule is CCCNCc1nnc(Cc2ccc(C)c(C)c2)o1. The van der Waals surface area contributed by atoms with E-state index < -0.39 is 0 Å². The zero-order valence-electron chi connectivity index (χ0n) is 11.9. The van der Waals surface area contributed by atoms with Crippen LogP contribution in [0.2, 0.25) is 0 Å². The maximum Gasteiger partial charge on any atom is 0.230 e. The van der Waals surface area contributed by atoms with Gasteiger partial charge in [0, 0.05) is 0 Å². The highest BCUT2D eigenvalue weighted by Gasteiger charge is 2.07. The molecule has 0 bridgehead atoms. The molecule has 4 nitrogen and oxygen atoms in total. The van der Waals surface area contributed by atoms with Crippen LogP contribution in [0.3, 0.4) is 0 Å². The van der Waals surface area contributed by atoms with Crippen molar-refractivity contribution in [3.63, 3.8) is 0 Å². The molecule has 0 saturated carbocycles. The van der Waals surface area contributed by atoms with Crippen molar-refractivity contribution in [2.24, 2.45) is 0 Å². The molecule has 0 unspecified atom stereocenters. The van der Waals surface area contributed by atoms with Gasteiger partial charge in [0.15, 0.2) is 0 Å². The van der Waals surface area contributed by atoms with Gasteiger partial charge in [0.25, 0.3) is 0 Å². The highest BCUT2D eigenvalue weighted by atomic mass is 16.4. The van der Waals surface area contributed by atoms with Crippen molar-refractivity contribution in [2.75, 3.05) is 6.54 Å². The van der Waals surface area contributed by atoms with E-state index in [1.165, 1.54) is 16.7 Å². The quantitative estimate of drug-likeness (QED) is 0.810. The molecule has 0 aliphatic heterocycles. The van der Waals surface area contributed by atoms with Crippen molar-refractivity contribution >= 4 is 0 Å². The van der Waals surface area contributed by atoms with Crippen molar-refractivity contribution < 1.29 is 4.42 Å². The van der Waals surface area contributed by atoms with Gasteiger partial charge in [0.1, 0.15) is 0 Å². The molecule has 0 aliphatic rings. The summed E-state index contributed by atoms with van der Waals surface area (Å²) in [4.78, 5) is 0. The third-order valence-corrected chi connectivity index (χ3v) is 3.14. The Kier molecular flexibility index (Phi) is 4.68. The fourth-order valence-electron chi connectivity index (χ4n) is 1.89. The highest BCUT2D eigenvalue weighted by Crippen LogP contribution is 2.13. The Labute approximate surface area is 114 Å². The molecule has 2 rings (SSSR count). The molecule has 0 aliphatic carbocycles. The molecular formula is C15H21N3O. The lowest BCUT2D eigenvalue weighted by atomic mass is 10.0. The van der Waals surface area contributed by atoms with Crippen molar-refractivity contribution in [1.82, 2.24) is 15.5 Å². The van der Waals surface area contributed by atoms with Gasteiger partial charge in [0.05, 0.1) is 13.0 Å². The van der Waals surface area contributed by atoms with E-state index in [0.717, 1.165) is 13.0 Å². The molecule has 4 heteroatoms. The molecule has 1 aromatic carbocycles. The molecule has 0 radical (unpaired) electrons. The number of hydrogen-bond acceptors (Lipinski definition) is 4. The summed E-state index contributed by atoms with van der Waals surface area (Å²) in [5.74, 6) is 1.34. The van der Waals surface area contributed by atoms with Crippen LogP contribution in [0.4, 0.5) is 0 Å². The number of aryl methyl sites for hydroxylation is 2. The van der Waals surface area contributed by atoms with E-state index in [1.54, 1.807) is 0 Å². The first-order chi connectivity index (χ1) is 9.19. The Hall–Kier alpha value is -1.68. The minimum absolute atomic E-state index is 0.647. The topological polar surface area (TPSA) is 51.0 Å². The average Bonchev–Trinajstić information content (AvgIpc) is 2.82. The summed E-state index contributed by atoms with van der Waals surface area (Å²) in [6, 6.07) is 6.42. The summed E-state index contributed by atoms with van der Waals surface area (Å²) in [7, 11) is 0. The first-order valence-corrected chi connectivity index (χ1v) is 6.77. The van der Waals surface area contributed by atoms with Crippen molar-refractivity contribution in [3.8, 4) is 0 Å². The standard InChI is InChI=1S/C15H21N3O/c1-4-7-16-10-15-18-17-14(19-15)9-13-6-5-11(2)12(3)8-13/h5-6,8,16H,4,7,9-10H2,1-3H3. The Morgan fingerprint density at radius 2 is 1.89 bits per heavy atom. The summed E-state index contributed by atoms with van der Waals surface area (Å²) in [5, 5.41) is 11.4. The number of nitrogens with zero attached hydrogens (tertiary/aromatic N) is 2. The van der Waals surface area contributed by atoms with Crippen molar-refractivity contribution in [1.29, 1.82) is 0 Å². The summed E-state index contributed by atoms with van der Waals surface area (Å²) >= 11 is 0. The Balaban J connectivity index is 1.97. The number of nitrogens with one attached hydrogen (secondary N) is 1. The van der Waals surface area contributed by atoms with Crippen LogP contribution < -0.4 is 5.32 Å². The zero-order valence-corrected chi connectivity index (χ0v) is 11.9. The normalized spacial score (nSPS) is 10.9.